The van der Waals surface area contributed by atoms with Crippen LogP contribution in [-0.2, 0) is 6.18 Å². The largest absolute Gasteiger partial charge is 0.416 e. The van der Waals surface area contributed by atoms with Crippen molar-refractivity contribution in [1.29, 1.82) is 0 Å². The highest BCUT2D eigenvalue weighted by Crippen LogP contribution is 2.29. The van der Waals surface area contributed by atoms with Gasteiger partial charge >= 0.3 is 6.18 Å². The van der Waals surface area contributed by atoms with Gasteiger partial charge in [-0.25, -0.2) is 4.98 Å². The van der Waals surface area contributed by atoms with Crippen LogP contribution in [0.2, 0.25) is 0 Å². The summed E-state index contributed by atoms with van der Waals surface area (Å²) in [6, 6.07) is 15.1. The van der Waals surface area contributed by atoms with Crippen LogP contribution >= 0.6 is 0 Å². The number of halogens is 3. The molecule has 1 N–H and O–H groups in total. The van der Waals surface area contributed by atoms with E-state index in [0.29, 0.717) is 43.2 Å². The van der Waals surface area contributed by atoms with Crippen molar-refractivity contribution in [3.05, 3.63) is 89.1 Å². The van der Waals surface area contributed by atoms with Gasteiger partial charge < -0.3 is 15.1 Å². The van der Waals surface area contributed by atoms with Crippen molar-refractivity contribution >= 4 is 23.3 Å². The average molecular weight is 468 g/mol. The van der Waals surface area contributed by atoms with Crippen molar-refractivity contribution in [2.45, 2.75) is 13.1 Å². The van der Waals surface area contributed by atoms with Crippen molar-refractivity contribution in [2.24, 2.45) is 0 Å². The first-order valence-corrected chi connectivity index (χ1v) is 10.8. The van der Waals surface area contributed by atoms with Gasteiger partial charge in [0.25, 0.3) is 11.8 Å². The molecule has 1 fully saturated rings. The lowest BCUT2D eigenvalue weighted by atomic mass is 10.1. The third-order valence-corrected chi connectivity index (χ3v) is 5.72. The molecule has 1 aromatic heterocycles. The molecule has 6 nitrogen and oxygen atoms in total. The molecule has 3 aromatic rings. The molecule has 4 rings (SSSR count). The number of piperazine rings is 1. The number of carbonyl (C=O) groups is 2. The number of rotatable bonds is 4. The predicted molar refractivity (Wildman–Crippen MR) is 123 cm³/mol. The number of nitrogens with zero attached hydrogens (tertiary/aromatic N) is 3. The van der Waals surface area contributed by atoms with Gasteiger partial charge in [0.15, 0.2) is 0 Å². The van der Waals surface area contributed by atoms with Crippen LogP contribution in [0.15, 0.2) is 66.9 Å². The zero-order valence-electron chi connectivity index (χ0n) is 18.5. The van der Waals surface area contributed by atoms with Crippen LogP contribution in [0.1, 0.15) is 31.8 Å². The number of aromatic nitrogens is 1. The van der Waals surface area contributed by atoms with Crippen molar-refractivity contribution < 1.29 is 22.8 Å². The van der Waals surface area contributed by atoms with Crippen LogP contribution in [0.3, 0.4) is 0 Å². The summed E-state index contributed by atoms with van der Waals surface area (Å²) in [5.74, 6) is 0.0578. The van der Waals surface area contributed by atoms with Crippen LogP contribution in [-0.4, -0.2) is 47.9 Å². The zero-order chi connectivity index (χ0) is 24.3. The van der Waals surface area contributed by atoms with Crippen LogP contribution in [0.5, 0.6) is 0 Å². The number of nitrogens with one attached hydrogen (secondary N) is 1. The Morgan fingerprint density at radius 2 is 1.68 bits per heavy atom. The smallest absolute Gasteiger partial charge is 0.353 e. The number of anilines is 2. The van der Waals surface area contributed by atoms with Gasteiger partial charge in [-0.15, -0.1) is 0 Å². The minimum Gasteiger partial charge on any atom is -0.353 e. The van der Waals surface area contributed by atoms with Gasteiger partial charge in [-0.3, -0.25) is 9.59 Å². The molecule has 2 amide bonds. The molecule has 2 heterocycles. The van der Waals surface area contributed by atoms with Gasteiger partial charge in [0.05, 0.1) is 17.4 Å². The molecule has 0 atom stereocenters. The van der Waals surface area contributed by atoms with Crippen LogP contribution in [0.25, 0.3) is 0 Å². The van der Waals surface area contributed by atoms with Crippen LogP contribution in [0, 0.1) is 6.92 Å². The second-order valence-electron chi connectivity index (χ2n) is 8.03. The summed E-state index contributed by atoms with van der Waals surface area (Å²) in [7, 11) is 0. The SMILES string of the molecule is Cc1ccccc1C(=O)N1CCN(c2ccc(NC(=O)c3cccc(C(F)(F)F)c3)cn2)CC1. The third kappa shape index (κ3) is 5.19. The summed E-state index contributed by atoms with van der Waals surface area (Å²) >= 11 is 0. The highest BCUT2D eigenvalue weighted by molar-refractivity contribution is 6.04. The Morgan fingerprint density at radius 1 is 0.941 bits per heavy atom. The van der Waals surface area contributed by atoms with Crippen molar-refractivity contribution in [3.63, 3.8) is 0 Å². The number of hydrogen-bond donors (Lipinski definition) is 1. The molecule has 9 heteroatoms. The number of hydrogen-bond acceptors (Lipinski definition) is 4. The van der Waals surface area contributed by atoms with E-state index in [4.69, 9.17) is 0 Å². The van der Waals surface area contributed by atoms with Crippen molar-refractivity contribution in [1.82, 2.24) is 9.88 Å². The minimum atomic E-state index is -4.52. The number of pyridine rings is 1. The molecule has 0 spiro atoms. The second kappa shape index (κ2) is 9.54. The highest BCUT2D eigenvalue weighted by Gasteiger charge is 2.31. The van der Waals surface area contributed by atoms with Crippen molar-refractivity contribution in [2.75, 3.05) is 36.4 Å². The number of aryl methyl sites for hydroxylation is 1. The standard InChI is InChI=1S/C25H23F3N4O2/c1-17-5-2-3-8-21(17)24(34)32-13-11-31(12-14-32)22-10-9-20(16-29-22)30-23(33)18-6-4-7-19(15-18)25(26,27)28/h2-10,15-16H,11-14H2,1H3,(H,30,33). The van der Waals surface area contributed by atoms with E-state index in [1.165, 1.54) is 18.3 Å². The summed E-state index contributed by atoms with van der Waals surface area (Å²) in [6.45, 7) is 4.26. The van der Waals surface area contributed by atoms with Gasteiger partial charge in [-0.2, -0.15) is 13.2 Å². The molecular formula is C25H23F3N4O2. The number of amides is 2. The Kier molecular flexibility index (Phi) is 6.54. The minimum absolute atomic E-state index is 0.0124. The maximum Gasteiger partial charge on any atom is 0.416 e. The van der Waals surface area contributed by atoms with E-state index in [1.807, 2.05) is 41.0 Å². The zero-order valence-corrected chi connectivity index (χ0v) is 18.5. The fourth-order valence-corrected chi connectivity index (χ4v) is 3.81. The monoisotopic (exact) mass is 468 g/mol. The molecule has 1 aliphatic rings. The Morgan fingerprint density at radius 3 is 2.32 bits per heavy atom. The molecule has 0 aliphatic carbocycles. The summed E-state index contributed by atoms with van der Waals surface area (Å²) < 4.78 is 38.7. The summed E-state index contributed by atoms with van der Waals surface area (Å²) in [5, 5.41) is 2.57. The topological polar surface area (TPSA) is 65.5 Å². The molecule has 0 radical (unpaired) electrons. The molecule has 0 bridgehead atoms. The van der Waals surface area contributed by atoms with Crippen molar-refractivity contribution in [3.8, 4) is 0 Å². The van der Waals surface area contributed by atoms with Gasteiger partial charge in [-0.1, -0.05) is 24.3 Å². The Labute approximate surface area is 195 Å². The molecular weight excluding hydrogens is 445 g/mol. The van der Waals surface area contributed by atoms with E-state index in [0.717, 1.165) is 17.7 Å². The summed E-state index contributed by atoms with van der Waals surface area (Å²) in [6.07, 6.45) is -3.06. The lowest BCUT2D eigenvalue weighted by Crippen LogP contribution is -2.49. The first-order chi connectivity index (χ1) is 16.2. The van der Waals surface area contributed by atoms with Crippen LogP contribution in [0.4, 0.5) is 24.7 Å². The number of alkyl halides is 3. The molecule has 34 heavy (non-hydrogen) atoms. The van der Waals surface area contributed by atoms with E-state index in [-0.39, 0.29) is 11.5 Å². The first-order valence-electron chi connectivity index (χ1n) is 10.8. The third-order valence-electron chi connectivity index (χ3n) is 5.72. The maximum absolute atomic E-state index is 12.9. The Hall–Kier alpha value is -3.88. The molecule has 1 saturated heterocycles. The summed E-state index contributed by atoms with van der Waals surface area (Å²) in [4.78, 5) is 33.4. The second-order valence-corrected chi connectivity index (χ2v) is 8.03. The van der Waals surface area contributed by atoms with E-state index in [2.05, 4.69) is 10.3 Å². The normalized spacial score (nSPS) is 14.1. The summed E-state index contributed by atoms with van der Waals surface area (Å²) in [5.41, 5.74) is 1.05. The first kappa shape index (κ1) is 23.3. The lowest BCUT2D eigenvalue weighted by Gasteiger charge is -2.35. The quantitative estimate of drug-likeness (QED) is 0.607. The average Bonchev–Trinajstić information content (AvgIpc) is 2.84. The Balaban J connectivity index is 1.35. The maximum atomic E-state index is 12.9. The Bertz CT molecular complexity index is 1190. The van der Waals surface area contributed by atoms with E-state index in [1.54, 1.807) is 12.1 Å². The van der Waals surface area contributed by atoms with E-state index in [9.17, 15) is 22.8 Å². The number of benzene rings is 2. The van der Waals surface area contributed by atoms with Gasteiger partial charge in [0, 0.05) is 37.3 Å². The van der Waals surface area contributed by atoms with Gasteiger partial charge in [-0.05, 0) is 48.9 Å². The number of carbonyl (C=O) groups excluding carboxylic acids is 2. The van der Waals surface area contributed by atoms with Gasteiger partial charge in [0.2, 0.25) is 0 Å². The van der Waals surface area contributed by atoms with Gasteiger partial charge in [0.1, 0.15) is 5.82 Å². The van der Waals surface area contributed by atoms with Crippen LogP contribution < -0.4 is 10.2 Å². The molecule has 2 aromatic carbocycles. The fourth-order valence-electron chi connectivity index (χ4n) is 3.81. The molecule has 176 valence electrons. The highest BCUT2D eigenvalue weighted by atomic mass is 19.4. The molecule has 1 aliphatic heterocycles. The lowest BCUT2D eigenvalue weighted by molar-refractivity contribution is -0.137. The van der Waals surface area contributed by atoms with E-state index < -0.39 is 17.6 Å². The molecule has 0 saturated carbocycles. The predicted octanol–water partition coefficient (Wildman–Crippen LogP) is 4.62. The van der Waals surface area contributed by atoms with E-state index >= 15 is 0 Å². The fraction of sp³-hybridized carbons (Fsp3) is 0.240. The molecule has 0 unspecified atom stereocenters.